The van der Waals surface area contributed by atoms with Crippen molar-refractivity contribution in [2.75, 3.05) is 12.3 Å². The van der Waals surface area contributed by atoms with Gasteiger partial charge in [0.05, 0.1) is 41.7 Å². The fourth-order valence-electron chi connectivity index (χ4n) is 3.55. The number of fused-ring (bicyclic) bond motifs is 1. The van der Waals surface area contributed by atoms with E-state index in [0.717, 1.165) is 36.9 Å². The van der Waals surface area contributed by atoms with Crippen molar-refractivity contribution < 1.29 is 9.53 Å². The monoisotopic (exact) mass is 435 g/mol. The standard InChI is InChI=1S/C20H23Cl2N5O2/c1-2-6-29-16-8-11(21)7-14(22)17(16)18-13-9-27(10-15(13)25-19(23)26-18)20(28)24-12-4-3-5-12/h7-8,12H,2-6,9-10H2,1H3,(H,24,28)(H2,23,25,26). The third kappa shape index (κ3) is 4.07. The van der Waals surface area contributed by atoms with E-state index >= 15 is 0 Å². The molecule has 1 saturated carbocycles. The first kappa shape index (κ1) is 20.0. The second-order valence-electron chi connectivity index (χ2n) is 7.40. The maximum Gasteiger partial charge on any atom is 0.318 e. The van der Waals surface area contributed by atoms with Crippen molar-refractivity contribution in [1.82, 2.24) is 20.2 Å². The average Bonchev–Trinajstić information content (AvgIpc) is 3.06. The second kappa shape index (κ2) is 8.24. The zero-order valence-electron chi connectivity index (χ0n) is 16.2. The van der Waals surface area contributed by atoms with Crippen molar-refractivity contribution in [3.05, 3.63) is 33.4 Å². The summed E-state index contributed by atoms with van der Waals surface area (Å²) in [6, 6.07) is 3.54. The molecule has 1 aliphatic carbocycles. The van der Waals surface area contributed by atoms with E-state index in [9.17, 15) is 4.79 Å². The van der Waals surface area contributed by atoms with Crippen molar-refractivity contribution in [3.63, 3.8) is 0 Å². The van der Waals surface area contributed by atoms with E-state index in [0.29, 0.717) is 46.7 Å². The first-order valence-corrected chi connectivity index (χ1v) is 10.5. The molecule has 1 aromatic heterocycles. The van der Waals surface area contributed by atoms with Crippen LogP contribution in [0.25, 0.3) is 11.3 Å². The highest BCUT2D eigenvalue weighted by atomic mass is 35.5. The van der Waals surface area contributed by atoms with Crippen LogP contribution in [-0.4, -0.2) is 33.5 Å². The summed E-state index contributed by atoms with van der Waals surface area (Å²) in [5.74, 6) is 0.675. The zero-order chi connectivity index (χ0) is 20.5. The molecule has 3 N–H and O–H groups in total. The Morgan fingerprint density at radius 2 is 2.10 bits per heavy atom. The molecule has 154 valence electrons. The van der Waals surface area contributed by atoms with Crippen LogP contribution in [0.5, 0.6) is 5.75 Å². The van der Waals surface area contributed by atoms with Gasteiger partial charge in [0.1, 0.15) is 5.75 Å². The molecule has 29 heavy (non-hydrogen) atoms. The number of hydrogen-bond donors (Lipinski definition) is 2. The molecule has 0 saturated heterocycles. The van der Waals surface area contributed by atoms with Crippen molar-refractivity contribution in [2.45, 2.75) is 51.7 Å². The molecule has 2 aliphatic rings. The van der Waals surface area contributed by atoms with Crippen LogP contribution >= 0.6 is 23.2 Å². The Balaban J connectivity index is 1.70. The van der Waals surface area contributed by atoms with E-state index in [-0.39, 0.29) is 18.0 Å². The molecule has 9 heteroatoms. The summed E-state index contributed by atoms with van der Waals surface area (Å²) in [7, 11) is 0. The molecule has 2 heterocycles. The Bertz CT molecular complexity index is 949. The Morgan fingerprint density at radius 3 is 2.79 bits per heavy atom. The lowest BCUT2D eigenvalue weighted by molar-refractivity contribution is 0.186. The first-order chi connectivity index (χ1) is 14.0. The third-order valence-electron chi connectivity index (χ3n) is 5.24. The van der Waals surface area contributed by atoms with E-state index in [4.69, 9.17) is 33.7 Å². The average molecular weight is 436 g/mol. The maximum atomic E-state index is 12.6. The fourth-order valence-corrected chi connectivity index (χ4v) is 4.11. The number of nitrogens with two attached hydrogens (primary N) is 1. The van der Waals surface area contributed by atoms with E-state index in [2.05, 4.69) is 15.3 Å². The van der Waals surface area contributed by atoms with Crippen molar-refractivity contribution in [1.29, 1.82) is 0 Å². The summed E-state index contributed by atoms with van der Waals surface area (Å²) >= 11 is 12.7. The van der Waals surface area contributed by atoms with Gasteiger partial charge in [-0.15, -0.1) is 0 Å². The SMILES string of the molecule is CCCOc1cc(Cl)cc(Cl)c1-c1nc(N)nc2c1CN(C(=O)NC1CCC1)C2. The molecule has 0 atom stereocenters. The van der Waals surface area contributed by atoms with Gasteiger partial charge in [0.2, 0.25) is 5.95 Å². The first-order valence-electron chi connectivity index (χ1n) is 9.79. The number of urea groups is 1. The van der Waals surface area contributed by atoms with E-state index in [1.54, 1.807) is 17.0 Å². The molecule has 0 spiro atoms. The molecule has 1 fully saturated rings. The van der Waals surface area contributed by atoms with Gasteiger partial charge in [0.15, 0.2) is 0 Å². The Morgan fingerprint density at radius 1 is 1.31 bits per heavy atom. The van der Waals surface area contributed by atoms with Gasteiger partial charge < -0.3 is 20.7 Å². The van der Waals surface area contributed by atoms with E-state index < -0.39 is 0 Å². The number of halogens is 2. The van der Waals surface area contributed by atoms with Crippen LogP contribution in [-0.2, 0) is 13.1 Å². The topological polar surface area (TPSA) is 93.4 Å². The number of carbonyl (C=O) groups is 1. The normalized spacial score (nSPS) is 15.8. The van der Waals surface area contributed by atoms with E-state index in [1.807, 2.05) is 6.92 Å². The number of nitrogen functional groups attached to an aromatic ring is 1. The van der Waals surface area contributed by atoms with Gasteiger partial charge in [-0.1, -0.05) is 30.1 Å². The number of hydrogen-bond acceptors (Lipinski definition) is 5. The lowest BCUT2D eigenvalue weighted by Crippen LogP contribution is -2.45. The highest BCUT2D eigenvalue weighted by Crippen LogP contribution is 2.42. The maximum absolute atomic E-state index is 12.6. The number of ether oxygens (including phenoxy) is 1. The number of benzene rings is 1. The van der Waals surface area contributed by atoms with Crippen molar-refractivity contribution in [3.8, 4) is 17.0 Å². The molecule has 1 aliphatic heterocycles. The molecule has 2 aromatic rings. The second-order valence-corrected chi connectivity index (χ2v) is 8.24. The molecule has 7 nitrogen and oxygen atoms in total. The van der Waals surface area contributed by atoms with Crippen LogP contribution in [0.15, 0.2) is 12.1 Å². The minimum absolute atomic E-state index is 0.0955. The molecule has 2 amide bonds. The highest BCUT2D eigenvalue weighted by molar-refractivity contribution is 6.37. The van der Waals surface area contributed by atoms with Crippen LogP contribution in [0.4, 0.5) is 10.7 Å². The van der Waals surface area contributed by atoms with Crippen molar-refractivity contribution in [2.24, 2.45) is 0 Å². The zero-order valence-corrected chi connectivity index (χ0v) is 17.7. The summed E-state index contributed by atoms with van der Waals surface area (Å²) in [5, 5.41) is 3.96. The molecule has 1 aromatic carbocycles. The van der Waals surface area contributed by atoms with Gasteiger partial charge in [0.25, 0.3) is 0 Å². The summed E-state index contributed by atoms with van der Waals surface area (Å²) in [4.78, 5) is 23.2. The molecule has 0 radical (unpaired) electrons. The van der Waals surface area contributed by atoms with Gasteiger partial charge >= 0.3 is 6.03 Å². The third-order valence-corrected chi connectivity index (χ3v) is 5.75. The molecular formula is C20H23Cl2N5O2. The quantitative estimate of drug-likeness (QED) is 0.725. The van der Waals surface area contributed by atoms with E-state index in [1.165, 1.54) is 0 Å². The Labute approximate surface area is 179 Å². The summed E-state index contributed by atoms with van der Waals surface area (Å²) in [6.45, 7) is 3.30. The van der Waals surface area contributed by atoms with Crippen LogP contribution in [0.3, 0.4) is 0 Å². The number of carbonyl (C=O) groups excluding carboxylic acids is 1. The fraction of sp³-hybridized carbons (Fsp3) is 0.450. The number of aromatic nitrogens is 2. The molecule has 0 bridgehead atoms. The minimum Gasteiger partial charge on any atom is -0.493 e. The van der Waals surface area contributed by atoms with Crippen LogP contribution in [0.1, 0.15) is 43.9 Å². The smallest absolute Gasteiger partial charge is 0.318 e. The summed E-state index contributed by atoms with van der Waals surface area (Å²) in [6.07, 6.45) is 4.06. The van der Waals surface area contributed by atoms with Crippen LogP contribution in [0.2, 0.25) is 10.0 Å². The highest BCUT2D eigenvalue weighted by Gasteiger charge is 2.32. The van der Waals surface area contributed by atoms with Gasteiger partial charge in [-0.2, -0.15) is 0 Å². The number of nitrogens with zero attached hydrogens (tertiary/aromatic N) is 3. The van der Waals surface area contributed by atoms with Crippen LogP contribution < -0.4 is 15.8 Å². The van der Waals surface area contributed by atoms with Crippen molar-refractivity contribution >= 4 is 35.2 Å². The molecule has 4 rings (SSSR count). The number of rotatable bonds is 5. The van der Waals surface area contributed by atoms with Gasteiger partial charge in [-0.05, 0) is 37.8 Å². The number of anilines is 1. The number of nitrogens with one attached hydrogen (secondary N) is 1. The summed E-state index contributed by atoms with van der Waals surface area (Å²) < 4.78 is 5.89. The number of amides is 2. The van der Waals surface area contributed by atoms with Gasteiger partial charge in [-0.25, -0.2) is 14.8 Å². The largest absolute Gasteiger partial charge is 0.493 e. The minimum atomic E-state index is -0.0955. The molecule has 0 unspecified atom stereocenters. The Hall–Kier alpha value is -2.25. The lowest BCUT2D eigenvalue weighted by Gasteiger charge is -2.28. The predicted molar refractivity (Wildman–Crippen MR) is 113 cm³/mol. The molecular weight excluding hydrogens is 413 g/mol. The van der Waals surface area contributed by atoms with Gasteiger partial charge in [-0.3, -0.25) is 0 Å². The lowest BCUT2D eigenvalue weighted by atomic mass is 9.93. The predicted octanol–water partition coefficient (Wildman–Crippen LogP) is 4.40. The van der Waals surface area contributed by atoms with Gasteiger partial charge in [0, 0.05) is 16.6 Å². The Kier molecular flexibility index (Phi) is 5.69. The van der Waals surface area contributed by atoms with Crippen LogP contribution in [0, 0.1) is 0 Å². The summed E-state index contributed by atoms with van der Waals surface area (Å²) in [5.41, 5.74) is 8.74.